The quantitative estimate of drug-likeness (QED) is 0.473. The van der Waals surface area contributed by atoms with Crippen LogP contribution in [0.4, 0.5) is 11.4 Å². The van der Waals surface area contributed by atoms with Gasteiger partial charge in [0.25, 0.3) is 5.69 Å². The standard InChI is InChI=1S/C12H17N3O3/c1-3-13-9-8-12(16)14(2)10-4-6-11(7-5-10)15(17)18/h4-7,13H,3,8-9H2,1-2H3. The Kier molecular flexibility index (Phi) is 5.26. The number of benzene rings is 1. The van der Waals surface area contributed by atoms with E-state index in [-0.39, 0.29) is 11.6 Å². The lowest BCUT2D eigenvalue weighted by atomic mass is 10.2. The summed E-state index contributed by atoms with van der Waals surface area (Å²) in [6.45, 7) is 3.44. The third-order valence-electron chi connectivity index (χ3n) is 2.59. The molecule has 1 aromatic carbocycles. The van der Waals surface area contributed by atoms with Gasteiger partial charge in [-0.1, -0.05) is 6.92 Å². The van der Waals surface area contributed by atoms with Gasteiger partial charge < -0.3 is 10.2 Å². The van der Waals surface area contributed by atoms with E-state index in [1.165, 1.54) is 17.0 Å². The fraction of sp³-hybridized carbons (Fsp3) is 0.417. The van der Waals surface area contributed by atoms with Gasteiger partial charge in [-0.25, -0.2) is 0 Å². The first kappa shape index (κ1) is 14.1. The second-order valence-corrected chi connectivity index (χ2v) is 3.83. The molecule has 0 aromatic heterocycles. The number of amides is 1. The minimum atomic E-state index is -0.462. The van der Waals surface area contributed by atoms with Gasteiger partial charge in [0.1, 0.15) is 0 Å². The van der Waals surface area contributed by atoms with E-state index in [0.717, 1.165) is 6.54 Å². The molecule has 0 unspecified atom stereocenters. The minimum absolute atomic E-state index is 0.0206. The lowest BCUT2D eigenvalue weighted by molar-refractivity contribution is -0.384. The predicted octanol–water partition coefficient (Wildman–Crippen LogP) is 1.56. The fourth-order valence-electron chi connectivity index (χ4n) is 1.48. The molecule has 18 heavy (non-hydrogen) atoms. The Balaban J connectivity index is 2.63. The van der Waals surface area contributed by atoms with Crippen LogP contribution in [-0.4, -0.2) is 31.0 Å². The van der Waals surface area contributed by atoms with E-state index in [2.05, 4.69) is 5.32 Å². The molecule has 0 heterocycles. The molecule has 0 bridgehead atoms. The van der Waals surface area contributed by atoms with Gasteiger partial charge in [0.2, 0.25) is 5.91 Å². The molecule has 1 amide bonds. The molecule has 0 spiro atoms. The molecular weight excluding hydrogens is 234 g/mol. The summed E-state index contributed by atoms with van der Waals surface area (Å²) in [4.78, 5) is 23.3. The van der Waals surface area contributed by atoms with Crippen molar-refractivity contribution in [1.29, 1.82) is 0 Å². The summed E-state index contributed by atoms with van der Waals surface area (Å²) in [5.74, 6) is -0.0233. The van der Waals surface area contributed by atoms with Crippen LogP contribution in [0.25, 0.3) is 0 Å². The molecule has 0 aliphatic carbocycles. The molecule has 0 saturated carbocycles. The number of nitro benzene ring substituents is 1. The van der Waals surface area contributed by atoms with Crippen LogP contribution in [0.5, 0.6) is 0 Å². The van der Waals surface area contributed by atoms with Crippen LogP contribution < -0.4 is 10.2 Å². The monoisotopic (exact) mass is 251 g/mol. The van der Waals surface area contributed by atoms with Gasteiger partial charge in [0, 0.05) is 37.8 Å². The second-order valence-electron chi connectivity index (χ2n) is 3.83. The molecule has 1 N–H and O–H groups in total. The average Bonchev–Trinajstić information content (AvgIpc) is 2.38. The van der Waals surface area contributed by atoms with Crippen LogP contribution >= 0.6 is 0 Å². The van der Waals surface area contributed by atoms with Crippen LogP contribution in [0.2, 0.25) is 0 Å². The molecule has 98 valence electrons. The van der Waals surface area contributed by atoms with Crippen molar-refractivity contribution in [2.75, 3.05) is 25.0 Å². The highest BCUT2D eigenvalue weighted by Gasteiger charge is 2.12. The number of carbonyl (C=O) groups excluding carboxylic acids is 1. The Labute approximate surface area is 106 Å². The van der Waals surface area contributed by atoms with Crippen LogP contribution in [0, 0.1) is 10.1 Å². The largest absolute Gasteiger partial charge is 0.316 e. The number of carbonyl (C=O) groups is 1. The molecule has 0 fully saturated rings. The molecule has 0 aliphatic heterocycles. The van der Waals surface area contributed by atoms with Crippen LogP contribution in [0.1, 0.15) is 13.3 Å². The van der Waals surface area contributed by atoms with Crippen LogP contribution in [0.3, 0.4) is 0 Å². The van der Waals surface area contributed by atoms with Gasteiger partial charge in [0.15, 0.2) is 0 Å². The highest BCUT2D eigenvalue weighted by molar-refractivity contribution is 5.92. The SMILES string of the molecule is CCNCCC(=O)N(C)c1ccc([N+](=O)[O-])cc1. The van der Waals surface area contributed by atoms with Gasteiger partial charge in [-0.2, -0.15) is 0 Å². The van der Waals surface area contributed by atoms with Gasteiger partial charge in [-0.3, -0.25) is 14.9 Å². The van der Waals surface area contributed by atoms with Crippen molar-refractivity contribution < 1.29 is 9.72 Å². The predicted molar refractivity (Wildman–Crippen MR) is 69.7 cm³/mol. The lowest BCUT2D eigenvalue weighted by Crippen LogP contribution is -2.29. The summed E-state index contributed by atoms with van der Waals surface area (Å²) in [5, 5.41) is 13.6. The summed E-state index contributed by atoms with van der Waals surface area (Å²) in [7, 11) is 1.66. The number of rotatable bonds is 6. The summed E-state index contributed by atoms with van der Waals surface area (Å²) >= 11 is 0. The van der Waals surface area contributed by atoms with Crippen molar-refractivity contribution in [2.45, 2.75) is 13.3 Å². The Bertz CT molecular complexity index is 417. The fourth-order valence-corrected chi connectivity index (χ4v) is 1.48. The zero-order valence-electron chi connectivity index (χ0n) is 10.5. The first-order valence-corrected chi connectivity index (χ1v) is 5.78. The smallest absolute Gasteiger partial charge is 0.269 e. The average molecular weight is 251 g/mol. The van der Waals surface area contributed by atoms with Gasteiger partial charge in [-0.05, 0) is 18.7 Å². The first-order valence-electron chi connectivity index (χ1n) is 5.78. The van der Waals surface area contributed by atoms with E-state index in [4.69, 9.17) is 0 Å². The first-order chi connectivity index (χ1) is 8.56. The Hall–Kier alpha value is -1.95. The second kappa shape index (κ2) is 6.70. The van der Waals surface area contributed by atoms with E-state index < -0.39 is 4.92 Å². The number of nitrogens with one attached hydrogen (secondary N) is 1. The molecule has 0 aliphatic rings. The molecule has 1 rings (SSSR count). The van der Waals surface area contributed by atoms with E-state index in [1.807, 2.05) is 6.92 Å². The van der Waals surface area contributed by atoms with Crippen molar-refractivity contribution in [3.63, 3.8) is 0 Å². The highest BCUT2D eigenvalue weighted by Crippen LogP contribution is 2.18. The Morgan fingerprint density at radius 1 is 1.39 bits per heavy atom. The van der Waals surface area contributed by atoms with Gasteiger partial charge in [-0.15, -0.1) is 0 Å². The molecule has 6 heteroatoms. The number of anilines is 1. The summed E-state index contributed by atoms with van der Waals surface area (Å²) in [6.07, 6.45) is 0.404. The van der Waals surface area contributed by atoms with Crippen molar-refractivity contribution >= 4 is 17.3 Å². The van der Waals surface area contributed by atoms with Crippen LogP contribution in [0.15, 0.2) is 24.3 Å². The number of non-ortho nitro benzene ring substituents is 1. The lowest BCUT2D eigenvalue weighted by Gasteiger charge is -2.17. The zero-order valence-corrected chi connectivity index (χ0v) is 10.5. The molecule has 1 aromatic rings. The number of nitro groups is 1. The van der Waals surface area contributed by atoms with Crippen LogP contribution in [-0.2, 0) is 4.79 Å². The third kappa shape index (κ3) is 3.81. The molecule has 0 radical (unpaired) electrons. The number of hydrogen-bond acceptors (Lipinski definition) is 4. The van der Waals surface area contributed by atoms with Crippen molar-refractivity contribution in [2.24, 2.45) is 0 Å². The number of hydrogen-bond donors (Lipinski definition) is 1. The minimum Gasteiger partial charge on any atom is -0.316 e. The van der Waals surface area contributed by atoms with Crippen molar-refractivity contribution in [3.05, 3.63) is 34.4 Å². The molecule has 0 atom stereocenters. The topological polar surface area (TPSA) is 75.5 Å². The molecule has 0 saturated heterocycles. The third-order valence-corrected chi connectivity index (χ3v) is 2.59. The normalized spacial score (nSPS) is 10.1. The van der Waals surface area contributed by atoms with Gasteiger partial charge >= 0.3 is 0 Å². The summed E-state index contributed by atoms with van der Waals surface area (Å²) in [6, 6.07) is 5.93. The summed E-state index contributed by atoms with van der Waals surface area (Å²) in [5.41, 5.74) is 0.675. The summed E-state index contributed by atoms with van der Waals surface area (Å²) < 4.78 is 0. The van der Waals surface area contributed by atoms with E-state index >= 15 is 0 Å². The zero-order chi connectivity index (χ0) is 13.5. The maximum absolute atomic E-state index is 11.8. The Morgan fingerprint density at radius 3 is 2.50 bits per heavy atom. The maximum Gasteiger partial charge on any atom is 0.269 e. The Morgan fingerprint density at radius 2 is 2.00 bits per heavy atom. The van der Waals surface area contributed by atoms with Crippen molar-refractivity contribution in [1.82, 2.24) is 5.32 Å². The molecule has 6 nitrogen and oxygen atoms in total. The maximum atomic E-state index is 11.8. The van der Waals surface area contributed by atoms with E-state index in [1.54, 1.807) is 19.2 Å². The van der Waals surface area contributed by atoms with Gasteiger partial charge in [0.05, 0.1) is 4.92 Å². The van der Waals surface area contributed by atoms with E-state index in [0.29, 0.717) is 18.7 Å². The number of nitrogens with zero attached hydrogens (tertiary/aromatic N) is 2. The van der Waals surface area contributed by atoms with E-state index in [9.17, 15) is 14.9 Å². The highest BCUT2D eigenvalue weighted by atomic mass is 16.6. The van der Waals surface area contributed by atoms with Crippen molar-refractivity contribution in [3.8, 4) is 0 Å². The molecular formula is C12H17N3O3.